The third-order valence-corrected chi connectivity index (χ3v) is 5.02. The fraction of sp³-hybridized carbons (Fsp3) is 0.526. The summed E-state index contributed by atoms with van der Waals surface area (Å²) in [7, 11) is 2.27. The molecule has 0 radical (unpaired) electrons. The predicted octanol–water partition coefficient (Wildman–Crippen LogP) is 7.20. The molecule has 230 valence electrons. The van der Waals surface area contributed by atoms with Crippen molar-refractivity contribution >= 4 is 11.7 Å². The van der Waals surface area contributed by atoms with Crippen molar-refractivity contribution in [1.29, 1.82) is 0 Å². The summed E-state index contributed by atoms with van der Waals surface area (Å²) in [4.78, 5) is 10.9. The molecule has 4 nitrogen and oxygen atoms in total. The number of allylic oxidation sites excluding steroid dienone is 2. The lowest BCUT2D eigenvalue weighted by molar-refractivity contribution is -0.365. The van der Waals surface area contributed by atoms with Crippen LogP contribution in [0, 0.1) is 0 Å². The van der Waals surface area contributed by atoms with Gasteiger partial charge in [0.25, 0.3) is 0 Å². The molecule has 1 N–H and O–H groups in total. The van der Waals surface area contributed by atoms with E-state index in [1.807, 2.05) is 0 Å². The highest BCUT2D eigenvalue weighted by Gasteiger charge is 2.88. The van der Waals surface area contributed by atoms with E-state index in [4.69, 9.17) is 5.11 Å². The Morgan fingerprint density at radius 3 is 1.25 bits per heavy atom. The SMILES string of the molecule is C[N+](C)(CC(=O)O)c1ccc(OC(=C(C(F)(C(F)(F)F)C(F)(F)F)C(F)(C(F)(F)F)C(F)(F)F)C(F)(F)F)cc1. The molecule has 21 heteroatoms. The van der Waals surface area contributed by atoms with Gasteiger partial charge in [0, 0.05) is 12.1 Å². The van der Waals surface area contributed by atoms with Crippen molar-refractivity contribution in [3.05, 3.63) is 35.6 Å². The van der Waals surface area contributed by atoms with Crippen LogP contribution >= 0.6 is 0 Å². The maximum atomic E-state index is 14.7. The number of aliphatic carboxylic acids is 1. The van der Waals surface area contributed by atoms with Crippen molar-refractivity contribution in [2.24, 2.45) is 0 Å². The van der Waals surface area contributed by atoms with Gasteiger partial charge in [0.1, 0.15) is 11.4 Å². The number of halogens is 17. The molecule has 0 heterocycles. The van der Waals surface area contributed by atoms with Crippen molar-refractivity contribution in [3.8, 4) is 5.75 Å². The van der Waals surface area contributed by atoms with Gasteiger partial charge in [-0.25, -0.2) is 13.6 Å². The fourth-order valence-corrected chi connectivity index (χ4v) is 3.15. The molecule has 0 aromatic heterocycles. The van der Waals surface area contributed by atoms with Crippen molar-refractivity contribution < 1.29 is 89.3 Å². The number of quaternary nitrogens is 1. The average molecular weight is 626 g/mol. The molecule has 0 saturated carbocycles. The van der Waals surface area contributed by atoms with E-state index in [2.05, 4.69) is 4.74 Å². The zero-order chi connectivity index (χ0) is 32.1. The summed E-state index contributed by atoms with van der Waals surface area (Å²) in [5.41, 5.74) is -22.3. The zero-order valence-electron chi connectivity index (χ0n) is 19.2. The Morgan fingerprint density at radius 2 is 1.00 bits per heavy atom. The summed E-state index contributed by atoms with van der Waals surface area (Å²) in [6.07, 6.45) is -39.7. The first kappa shape index (κ1) is 35.0. The number of carbonyl (C=O) groups is 1. The Kier molecular flexibility index (Phi) is 8.87. The topological polar surface area (TPSA) is 46.5 Å². The highest BCUT2D eigenvalue weighted by molar-refractivity contribution is 5.72. The lowest BCUT2D eigenvalue weighted by atomic mass is 9.79. The van der Waals surface area contributed by atoms with Crippen LogP contribution in [0.4, 0.5) is 80.3 Å². The van der Waals surface area contributed by atoms with Crippen molar-refractivity contribution in [2.45, 2.75) is 42.2 Å². The van der Waals surface area contributed by atoms with Crippen molar-refractivity contribution in [1.82, 2.24) is 4.48 Å². The molecule has 0 bridgehead atoms. The van der Waals surface area contributed by atoms with E-state index >= 15 is 0 Å². The molecular formula is C19H13F17NO3+. The van der Waals surface area contributed by atoms with Gasteiger partial charge < -0.3 is 9.84 Å². The normalized spacial score (nSPS) is 14.7. The largest absolute Gasteiger partial charge is 0.477 e. The van der Waals surface area contributed by atoms with Crippen LogP contribution in [0.2, 0.25) is 0 Å². The average Bonchev–Trinajstić information content (AvgIpc) is 2.68. The Labute approximate surface area is 210 Å². The van der Waals surface area contributed by atoms with E-state index in [-0.39, 0.29) is 17.8 Å². The number of alkyl halides is 17. The summed E-state index contributed by atoms with van der Waals surface area (Å²) in [5.74, 6) is -7.83. The Hall–Kier alpha value is -3.00. The monoisotopic (exact) mass is 626 g/mol. The first-order valence-corrected chi connectivity index (χ1v) is 9.66. The van der Waals surface area contributed by atoms with Crippen LogP contribution in [0.5, 0.6) is 5.75 Å². The van der Waals surface area contributed by atoms with Gasteiger partial charge in [0.15, 0.2) is 6.54 Å². The van der Waals surface area contributed by atoms with Crippen molar-refractivity contribution in [3.63, 3.8) is 0 Å². The second-order valence-corrected chi connectivity index (χ2v) is 8.34. The van der Waals surface area contributed by atoms with Gasteiger partial charge >= 0.3 is 48.2 Å². The fourth-order valence-electron chi connectivity index (χ4n) is 3.15. The number of ether oxygens (including phenoxy) is 1. The first-order chi connectivity index (χ1) is 17.4. The molecule has 0 atom stereocenters. The molecule has 0 aliphatic heterocycles. The highest BCUT2D eigenvalue weighted by Crippen LogP contribution is 2.63. The summed E-state index contributed by atoms with van der Waals surface area (Å²) in [6, 6.07) is 1.36. The van der Waals surface area contributed by atoms with Gasteiger partial charge in [-0.2, -0.15) is 65.9 Å². The smallest absolute Gasteiger partial charge is 0.449 e. The molecule has 0 unspecified atom stereocenters. The van der Waals surface area contributed by atoms with Crippen LogP contribution < -0.4 is 9.22 Å². The number of carboxylic acids is 1. The van der Waals surface area contributed by atoms with E-state index in [0.717, 1.165) is 14.1 Å². The predicted molar refractivity (Wildman–Crippen MR) is 98.2 cm³/mol. The molecule has 1 aromatic rings. The van der Waals surface area contributed by atoms with Gasteiger partial charge in [0.05, 0.1) is 19.7 Å². The van der Waals surface area contributed by atoms with Crippen LogP contribution in [0.3, 0.4) is 0 Å². The molecular weight excluding hydrogens is 613 g/mol. The third kappa shape index (κ3) is 6.32. The summed E-state index contributed by atoms with van der Waals surface area (Å²) < 4.78 is 232. The van der Waals surface area contributed by atoms with Crippen molar-refractivity contribution in [2.75, 3.05) is 20.6 Å². The lowest BCUT2D eigenvalue weighted by Gasteiger charge is -2.41. The van der Waals surface area contributed by atoms with E-state index in [0.29, 0.717) is 12.1 Å². The number of hydrogen-bond donors (Lipinski definition) is 1. The second-order valence-electron chi connectivity index (χ2n) is 8.34. The number of likely N-dealkylation sites (N-methyl/N-ethyl adjacent to an activating group) is 1. The van der Waals surface area contributed by atoms with Crippen LogP contribution in [-0.2, 0) is 4.79 Å². The second kappa shape index (κ2) is 10.1. The Balaban J connectivity index is 4.32. The summed E-state index contributed by atoms with van der Waals surface area (Å²) in [6.45, 7) is -0.763. The molecule has 40 heavy (non-hydrogen) atoms. The third-order valence-electron chi connectivity index (χ3n) is 5.02. The molecule has 0 saturated heterocycles. The Bertz CT molecular complexity index is 1040. The van der Waals surface area contributed by atoms with Crippen LogP contribution in [0.15, 0.2) is 35.6 Å². The molecule has 1 rings (SSSR count). The first-order valence-electron chi connectivity index (χ1n) is 9.66. The number of benzene rings is 1. The molecule has 0 amide bonds. The van der Waals surface area contributed by atoms with Crippen LogP contribution in [0.25, 0.3) is 0 Å². The zero-order valence-corrected chi connectivity index (χ0v) is 19.2. The van der Waals surface area contributed by atoms with E-state index in [1.165, 1.54) is 0 Å². The minimum absolute atomic E-state index is 0.128. The number of carboxylic acid groups (broad SMARTS) is 1. The van der Waals surface area contributed by atoms with Gasteiger partial charge in [0.2, 0.25) is 5.76 Å². The molecule has 0 spiro atoms. The molecule has 0 aliphatic carbocycles. The van der Waals surface area contributed by atoms with Crippen LogP contribution in [0.1, 0.15) is 0 Å². The highest BCUT2D eigenvalue weighted by atomic mass is 19.4. The van der Waals surface area contributed by atoms with Crippen LogP contribution in [-0.4, -0.2) is 73.9 Å². The maximum absolute atomic E-state index is 14.7. The lowest BCUT2D eigenvalue weighted by Crippen LogP contribution is -2.67. The minimum Gasteiger partial charge on any atom is -0.477 e. The number of nitrogens with zero attached hydrogens (tertiary/aromatic N) is 1. The van der Waals surface area contributed by atoms with E-state index in [9.17, 15) is 79.4 Å². The summed E-state index contributed by atoms with van der Waals surface area (Å²) >= 11 is 0. The van der Waals surface area contributed by atoms with E-state index < -0.39 is 76.3 Å². The van der Waals surface area contributed by atoms with Gasteiger partial charge in [-0.1, -0.05) is 0 Å². The molecule has 0 fully saturated rings. The number of rotatable bonds is 7. The standard InChI is InChI=1S/C19H12F17NO3/c1-37(2,7-10(38)39)8-3-5-9(6-4-8)40-12(15(22,23)24)11(13(20,16(25,26)27)17(28,29)30)14(21,18(31,32)33)19(34,35)36/h3-6H,7H2,1-2H3/p+1. The van der Waals surface area contributed by atoms with Gasteiger partial charge in [-0.3, -0.25) is 4.48 Å². The number of hydrogen-bond acceptors (Lipinski definition) is 2. The summed E-state index contributed by atoms with van der Waals surface area (Å²) in [5, 5.41) is 8.84. The van der Waals surface area contributed by atoms with Gasteiger partial charge in [-0.05, 0) is 12.1 Å². The molecule has 1 aromatic carbocycles. The van der Waals surface area contributed by atoms with Gasteiger partial charge in [-0.15, -0.1) is 0 Å². The van der Waals surface area contributed by atoms with E-state index in [1.54, 1.807) is 0 Å². The quantitative estimate of drug-likeness (QED) is 0.198. The Morgan fingerprint density at radius 1 is 0.675 bits per heavy atom. The minimum atomic E-state index is -8.27. The molecule has 0 aliphatic rings. The maximum Gasteiger partial charge on any atom is 0.449 e.